The molecule has 0 aliphatic carbocycles. The summed E-state index contributed by atoms with van der Waals surface area (Å²) < 4.78 is 2.39. The first-order valence-corrected chi connectivity index (χ1v) is 30.8. The van der Waals surface area contributed by atoms with E-state index >= 15 is 0 Å². The first kappa shape index (κ1) is 67.9. The highest BCUT2D eigenvalue weighted by Gasteiger charge is 2.29. The molecular weight excluding hydrogens is 955 g/mol. The standard InChI is InChI=1S/C57H117N17O2/c58-21-4-22-60-23-5-24-61-25-6-26-62-27-7-28-63-29-8-30-64-31-9-32-65-33-10-34-66-35-11-36-67-37-12-38-68-39-13-40-69-41-14-42-70-43-15-44-71-45-16-46-72-47-17-48-73-54-19-3-49-74-55-20-2-1-18-51(55)52(56(54)74)50-53(59)57(75)76/h1-2,18,20,53-54,60-73H,3-17,19,21-50,58-59H2,(H,75,76). The van der Waals surface area contributed by atoms with Gasteiger partial charge < -0.3 is 95.6 Å². The van der Waals surface area contributed by atoms with E-state index in [9.17, 15) is 9.90 Å². The van der Waals surface area contributed by atoms with E-state index in [1.807, 2.05) is 6.07 Å². The number of fused-ring (bicyclic) bond motifs is 3. The molecule has 1 aromatic carbocycles. The molecule has 1 aromatic heterocycles. The van der Waals surface area contributed by atoms with E-state index < -0.39 is 12.0 Å². The van der Waals surface area contributed by atoms with Gasteiger partial charge in [-0.15, -0.1) is 0 Å². The summed E-state index contributed by atoms with van der Waals surface area (Å²) in [5, 5.41) is 60.8. The van der Waals surface area contributed by atoms with Crippen LogP contribution in [-0.2, 0) is 17.8 Å². The van der Waals surface area contributed by atoms with Crippen molar-refractivity contribution in [3.63, 3.8) is 0 Å². The Morgan fingerprint density at radius 2 is 0.750 bits per heavy atom. The zero-order valence-electron chi connectivity index (χ0n) is 47.9. The van der Waals surface area contributed by atoms with E-state index in [1.54, 1.807) is 0 Å². The molecule has 0 radical (unpaired) electrons. The van der Waals surface area contributed by atoms with Crippen molar-refractivity contribution < 1.29 is 9.90 Å². The summed E-state index contributed by atoms with van der Waals surface area (Å²) >= 11 is 0. The van der Waals surface area contributed by atoms with Crippen LogP contribution in [0.1, 0.15) is 120 Å². The third kappa shape index (κ3) is 36.0. The molecule has 19 N–H and O–H groups in total. The van der Waals surface area contributed by atoms with Crippen LogP contribution >= 0.6 is 0 Å². The molecule has 0 bridgehead atoms. The van der Waals surface area contributed by atoms with Crippen LogP contribution in [0.3, 0.4) is 0 Å². The number of nitrogens with one attached hydrogen (secondary N) is 14. The summed E-state index contributed by atoms with van der Waals surface area (Å²) in [5.74, 6) is -0.947. The van der Waals surface area contributed by atoms with E-state index in [0.717, 1.165) is 239 Å². The number of rotatable bonds is 59. The minimum atomic E-state index is -0.947. The van der Waals surface area contributed by atoms with Crippen molar-refractivity contribution in [1.82, 2.24) is 79.0 Å². The highest BCUT2D eigenvalue weighted by atomic mass is 16.4. The van der Waals surface area contributed by atoms with Crippen LogP contribution in [0.5, 0.6) is 0 Å². The second-order valence-electron chi connectivity index (χ2n) is 20.8. The molecule has 0 saturated carbocycles. The van der Waals surface area contributed by atoms with Crippen LogP contribution in [0.4, 0.5) is 0 Å². The molecular formula is C57H117N17O2. The lowest BCUT2D eigenvalue weighted by Gasteiger charge is -2.28. The molecule has 0 spiro atoms. The number of carboxylic acid groups (broad SMARTS) is 1. The van der Waals surface area contributed by atoms with Crippen LogP contribution in [-0.4, -0.2) is 205 Å². The smallest absolute Gasteiger partial charge is 0.320 e. The summed E-state index contributed by atoms with van der Waals surface area (Å²) in [6.07, 6.45) is 18.7. The number of hydrogen-bond donors (Lipinski definition) is 17. The molecule has 1 aliphatic rings. The number of para-hydroxylation sites is 1. The van der Waals surface area contributed by atoms with Crippen LogP contribution in [0, 0.1) is 0 Å². The number of carbonyl (C=O) groups is 1. The molecule has 0 saturated heterocycles. The minimum absolute atomic E-state index is 0.222. The second kappa shape index (κ2) is 50.8. The van der Waals surface area contributed by atoms with Gasteiger partial charge in [0.05, 0.1) is 0 Å². The molecule has 0 amide bonds. The van der Waals surface area contributed by atoms with Gasteiger partial charge in [-0.3, -0.25) is 4.79 Å². The first-order valence-electron chi connectivity index (χ1n) is 30.8. The van der Waals surface area contributed by atoms with Crippen LogP contribution in [0.25, 0.3) is 10.9 Å². The molecule has 2 atom stereocenters. The van der Waals surface area contributed by atoms with Crippen molar-refractivity contribution in [3.8, 4) is 0 Å². The summed E-state index contributed by atoms with van der Waals surface area (Å²) in [6.45, 7) is 30.6. The molecule has 19 nitrogen and oxygen atoms in total. The van der Waals surface area contributed by atoms with Gasteiger partial charge in [0.25, 0.3) is 0 Å². The summed E-state index contributed by atoms with van der Waals surface area (Å²) in [4.78, 5) is 11.6. The molecule has 2 heterocycles. The lowest BCUT2D eigenvalue weighted by Crippen LogP contribution is -2.34. The number of nitrogens with two attached hydrogens (primary N) is 2. The zero-order chi connectivity index (χ0) is 53.9. The third-order valence-electron chi connectivity index (χ3n) is 14.0. The molecule has 76 heavy (non-hydrogen) atoms. The number of aromatic nitrogens is 1. The maximum atomic E-state index is 11.6. The quantitative estimate of drug-likeness (QED) is 0.0414. The number of aliphatic carboxylic acids is 1. The SMILES string of the molecule is NCCCNCCCNCCCNCCCNCCCNCCCNCCCNCCCNCCCNCCCNCCCNCCCNCCCNCCCNC1CCCn2c1c(CC(N)C(=O)O)c1ccccc12. The van der Waals surface area contributed by atoms with Gasteiger partial charge in [-0.1, -0.05) is 18.2 Å². The predicted octanol–water partition coefficient (Wildman–Crippen LogP) is 1.11. The molecule has 2 unspecified atom stereocenters. The van der Waals surface area contributed by atoms with E-state index in [0.29, 0.717) is 6.42 Å². The normalized spacial score (nSPS) is 14.1. The first-order chi connectivity index (χ1) is 37.6. The molecule has 2 aromatic rings. The van der Waals surface area contributed by atoms with Crippen molar-refractivity contribution in [3.05, 3.63) is 35.5 Å². The monoisotopic (exact) mass is 1070 g/mol. The average molecular weight is 1070 g/mol. The lowest BCUT2D eigenvalue weighted by atomic mass is 9.95. The minimum Gasteiger partial charge on any atom is -0.480 e. The van der Waals surface area contributed by atoms with E-state index in [-0.39, 0.29) is 6.04 Å². The van der Waals surface area contributed by atoms with E-state index in [2.05, 4.69) is 97.2 Å². The fraction of sp³-hybridized carbons (Fsp3) is 0.842. The van der Waals surface area contributed by atoms with Crippen LogP contribution < -0.4 is 85.9 Å². The summed E-state index contributed by atoms with van der Waals surface area (Å²) in [7, 11) is 0. The third-order valence-corrected chi connectivity index (χ3v) is 14.0. The Morgan fingerprint density at radius 1 is 0.461 bits per heavy atom. The van der Waals surface area contributed by atoms with Gasteiger partial charge in [0.15, 0.2) is 0 Å². The Hall–Kier alpha value is -2.41. The molecule has 442 valence electrons. The Bertz CT molecular complexity index is 1590. The average Bonchev–Trinajstić information content (AvgIpc) is 3.75. The van der Waals surface area contributed by atoms with Gasteiger partial charge in [0.2, 0.25) is 0 Å². The number of nitrogens with zero attached hydrogens (tertiary/aromatic N) is 1. The highest BCUT2D eigenvalue weighted by Crippen LogP contribution is 2.36. The van der Waals surface area contributed by atoms with Gasteiger partial charge >= 0.3 is 5.97 Å². The van der Waals surface area contributed by atoms with E-state index in [4.69, 9.17) is 11.5 Å². The summed E-state index contributed by atoms with van der Waals surface area (Å²) in [5.41, 5.74) is 15.0. The topological polar surface area (TPSA) is 263 Å². The largest absolute Gasteiger partial charge is 0.480 e. The maximum Gasteiger partial charge on any atom is 0.320 e. The Kier molecular flexibility index (Phi) is 45.3. The number of carboxylic acids is 1. The van der Waals surface area contributed by atoms with Crippen molar-refractivity contribution in [2.75, 3.05) is 183 Å². The van der Waals surface area contributed by atoms with Crippen molar-refractivity contribution in [1.29, 1.82) is 0 Å². The van der Waals surface area contributed by atoms with Crippen LogP contribution in [0.2, 0.25) is 0 Å². The fourth-order valence-electron chi connectivity index (χ4n) is 9.75. The van der Waals surface area contributed by atoms with Crippen molar-refractivity contribution in [2.24, 2.45) is 11.5 Å². The number of hydrogen-bond acceptors (Lipinski definition) is 17. The Labute approximate surface area is 462 Å². The van der Waals surface area contributed by atoms with E-state index in [1.165, 1.54) is 75.4 Å². The van der Waals surface area contributed by atoms with Gasteiger partial charge in [-0.05, 0) is 298 Å². The maximum absolute atomic E-state index is 11.6. The highest BCUT2D eigenvalue weighted by molar-refractivity contribution is 5.87. The zero-order valence-corrected chi connectivity index (χ0v) is 47.9. The fourth-order valence-corrected chi connectivity index (χ4v) is 9.75. The van der Waals surface area contributed by atoms with Gasteiger partial charge in [0, 0.05) is 35.6 Å². The van der Waals surface area contributed by atoms with Crippen LogP contribution in [0.15, 0.2) is 24.3 Å². The summed E-state index contributed by atoms with van der Waals surface area (Å²) in [6, 6.07) is 7.67. The second-order valence-corrected chi connectivity index (χ2v) is 20.8. The molecule has 19 heteroatoms. The molecule has 3 rings (SSSR count). The Morgan fingerprint density at radius 3 is 1.05 bits per heavy atom. The van der Waals surface area contributed by atoms with Gasteiger partial charge in [-0.25, -0.2) is 0 Å². The van der Waals surface area contributed by atoms with Gasteiger partial charge in [0.1, 0.15) is 6.04 Å². The van der Waals surface area contributed by atoms with Gasteiger partial charge in [-0.2, -0.15) is 0 Å². The molecule has 0 fully saturated rings. The predicted molar refractivity (Wildman–Crippen MR) is 322 cm³/mol. The number of aryl methyl sites for hydroxylation is 1. The van der Waals surface area contributed by atoms with Crippen molar-refractivity contribution in [2.45, 2.75) is 128 Å². The van der Waals surface area contributed by atoms with Crippen molar-refractivity contribution >= 4 is 16.9 Å². The number of benzene rings is 1. The Balaban J connectivity index is 0.912. The lowest BCUT2D eigenvalue weighted by molar-refractivity contribution is -0.138. The molecule has 1 aliphatic heterocycles.